The Hall–Kier alpha value is -1.72. The van der Waals surface area contributed by atoms with Crippen LogP contribution in [0.3, 0.4) is 0 Å². The molecule has 0 radical (unpaired) electrons. The first-order chi connectivity index (χ1) is 8.36. The Morgan fingerprint density at radius 1 is 1.00 bits per heavy atom. The summed E-state index contributed by atoms with van der Waals surface area (Å²) in [5.74, 6) is 4.77. The van der Waals surface area contributed by atoms with Crippen molar-refractivity contribution in [3.8, 4) is 11.1 Å². The lowest BCUT2D eigenvalue weighted by Crippen LogP contribution is -2.38. The van der Waals surface area contributed by atoms with Gasteiger partial charge in [-0.2, -0.15) is 0 Å². The third kappa shape index (κ3) is 1.73. The lowest BCUT2D eigenvalue weighted by molar-refractivity contribution is 0.255. The van der Waals surface area contributed by atoms with Crippen LogP contribution in [0.4, 0.5) is 0 Å². The Kier molecular flexibility index (Phi) is 2.42. The summed E-state index contributed by atoms with van der Waals surface area (Å²) in [4.78, 5) is 5.21. The van der Waals surface area contributed by atoms with Crippen LogP contribution < -0.4 is 16.7 Å². The van der Waals surface area contributed by atoms with Crippen molar-refractivity contribution in [3.05, 3.63) is 60.2 Å². The second-order valence-electron chi connectivity index (χ2n) is 3.94. The number of nitrogens with one attached hydrogen (secondary N) is 2. The van der Waals surface area contributed by atoms with E-state index in [1.165, 1.54) is 0 Å². The van der Waals surface area contributed by atoms with Gasteiger partial charge in [0.15, 0.2) is 0 Å². The number of hydroxylamine groups is 1. The Morgan fingerprint density at radius 2 is 1.65 bits per heavy atom. The van der Waals surface area contributed by atoms with Crippen LogP contribution in [-0.4, -0.2) is 0 Å². The van der Waals surface area contributed by atoms with Gasteiger partial charge >= 0.3 is 0 Å². The molecule has 1 aliphatic rings. The Balaban J connectivity index is 2.12. The SMILES string of the molecule is NNC1(c2ccccc2-c2ccccc2)NO1. The van der Waals surface area contributed by atoms with E-state index in [2.05, 4.69) is 23.0 Å². The molecule has 0 saturated carbocycles. The monoisotopic (exact) mass is 227 g/mol. The average Bonchev–Trinajstić information content (AvgIpc) is 3.21. The van der Waals surface area contributed by atoms with Gasteiger partial charge in [0.05, 0.1) is 0 Å². The number of hydrazine groups is 1. The number of benzene rings is 2. The molecule has 4 heteroatoms. The van der Waals surface area contributed by atoms with Crippen molar-refractivity contribution in [2.24, 2.45) is 5.84 Å². The first-order valence-corrected chi connectivity index (χ1v) is 5.43. The molecular weight excluding hydrogens is 214 g/mol. The second-order valence-corrected chi connectivity index (χ2v) is 3.94. The molecule has 3 rings (SSSR count). The van der Waals surface area contributed by atoms with E-state index in [1.54, 1.807) is 0 Å². The van der Waals surface area contributed by atoms with Gasteiger partial charge < -0.3 is 0 Å². The van der Waals surface area contributed by atoms with Crippen LogP contribution in [-0.2, 0) is 10.7 Å². The number of rotatable bonds is 3. The number of hydrogen-bond acceptors (Lipinski definition) is 4. The molecule has 1 aliphatic heterocycles. The zero-order valence-electron chi connectivity index (χ0n) is 9.18. The van der Waals surface area contributed by atoms with Gasteiger partial charge in [0.25, 0.3) is 5.85 Å². The molecule has 2 aromatic carbocycles. The van der Waals surface area contributed by atoms with E-state index >= 15 is 0 Å². The molecule has 1 saturated heterocycles. The summed E-state index contributed by atoms with van der Waals surface area (Å²) in [5, 5.41) is 0. The van der Waals surface area contributed by atoms with Crippen molar-refractivity contribution < 1.29 is 4.84 Å². The number of nitrogens with two attached hydrogens (primary N) is 1. The van der Waals surface area contributed by atoms with Crippen molar-refractivity contribution in [3.63, 3.8) is 0 Å². The highest BCUT2D eigenvalue weighted by molar-refractivity contribution is 5.68. The van der Waals surface area contributed by atoms with Crippen LogP contribution in [0, 0.1) is 0 Å². The summed E-state index contributed by atoms with van der Waals surface area (Å²) >= 11 is 0. The van der Waals surface area contributed by atoms with Crippen LogP contribution in [0.1, 0.15) is 5.56 Å². The average molecular weight is 227 g/mol. The molecule has 1 heterocycles. The Morgan fingerprint density at radius 3 is 2.29 bits per heavy atom. The molecule has 1 atom stereocenters. The molecule has 17 heavy (non-hydrogen) atoms. The Labute approximate surface area is 99.3 Å². The van der Waals surface area contributed by atoms with Gasteiger partial charge in [-0.15, -0.1) is 5.48 Å². The minimum atomic E-state index is -0.744. The van der Waals surface area contributed by atoms with E-state index in [0.717, 1.165) is 16.7 Å². The van der Waals surface area contributed by atoms with Crippen LogP contribution in [0.15, 0.2) is 54.6 Å². The van der Waals surface area contributed by atoms with Gasteiger partial charge in [-0.25, -0.2) is 5.43 Å². The molecule has 4 N–H and O–H groups in total. The topological polar surface area (TPSA) is 72.5 Å². The summed E-state index contributed by atoms with van der Waals surface area (Å²) in [6, 6.07) is 18.1. The number of hydrogen-bond donors (Lipinski definition) is 3. The van der Waals surface area contributed by atoms with E-state index < -0.39 is 5.85 Å². The van der Waals surface area contributed by atoms with Gasteiger partial charge in [0, 0.05) is 5.56 Å². The van der Waals surface area contributed by atoms with Crippen LogP contribution in [0.2, 0.25) is 0 Å². The predicted octanol–water partition coefficient (Wildman–Crippen LogP) is 1.46. The molecule has 1 fully saturated rings. The maximum Gasteiger partial charge on any atom is 0.254 e. The minimum Gasteiger partial charge on any atom is -0.267 e. The van der Waals surface area contributed by atoms with Crippen molar-refractivity contribution in [1.82, 2.24) is 10.9 Å². The summed E-state index contributed by atoms with van der Waals surface area (Å²) in [7, 11) is 0. The highest BCUT2D eigenvalue weighted by atomic mass is 16.8. The smallest absolute Gasteiger partial charge is 0.254 e. The maximum absolute atomic E-state index is 5.51. The van der Waals surface area contributed by atoms with Gasteiger partial charge in [-0.3, -0.25) is 10.7 Å². The summed E-state index contributed by atoms with van der Waals surface area (Å²) in [6.07, 6.45) is 0. The normalized spacial score (nSPS) is 22.4. The van der Waals surface area contributed by atoms with Crippen LogP contribution >= 0.6 is 0 Å². The second kappa shape index (κ2) is 3.94. The predicted molar refractivity (Wildman–Crippen MR) is 65.1 cm³/mol. The van der Waals surface area contributed by atoms with E-state index in [1.807, 2.05) is 42.5 Å². The first kappa shape index (κ1) is 10.4. The summed E-state index contributed by atoms with van der Waals surface area (Å²) < 4.78 is 0. The fourth-order valence-electron chi connectivity index (χ4n) is 1.96. The van der Waals surface area contributed by atoms with Gasteiger partial charge in [-0.1, -0.05) is 54.6 Å². The third-order valence-corrected chi connectivity index (χ3v) is 2.90. The standard InChI is InChI=1S/C13H13N3O/c14-15-13(16-17-13)12-9-5-4-8-11(12)10-6-2-1-3-7-10/h1-9,15-16H,14H2. The van der Waals surface area contributed by atoms with Crippen molar-refractivity contribution in [2.75, 3.05) is 0 Å². The first-order valence-electron chi connectivity index (χ1n) is 5.43. The van der Waals surface area contributed by atoms with E-state index in [0.29, 0.717) is 0 Å². The molecule has 0 bridgehead atoms. The largest absolute Gasteiger partial charge is 0.267 e. The van der Waals surface area contributed by atoms with Gasteiger partial charge in [-0.05, 0) is 11.1 Å². The molecular formula is C13H13N3O. The molecule has 0 aliphatic carbocycles. The van der Waals surface area contributed by atoms with Gasteiger partial charge in [0.1, 0.15) is 0 Å². The highest BCUT2D eigenvalue weighted by Crippen LogP contribution is 2.36. The van der Waals surface area contributed by atoms with E-state index in [9.17, 15) is 0 Å². The maximum atomic E-state index is 5.51. The Bertz CT molecular complexity index is 523. The molecule has 2 aromatic rings. The van der Waals surface area contributed by atoms with Crippen LogP contribution in [0.5, 0.6) is 0 Å². The summed E-state index contributed by atoms with van der Waals surface area (Å²) in [6.45, 7) is 0. The third-order valence-electron chi connectivity index (χ3n) is 2.90. The molecule has 0 spiro atoms. The van der Waals surface area contributed by atoms with Gasteiger partial charge in [0.2, 0.25) is 0 Å². The van der Waals surface area contributed by atoms with Crippen molar-refractivity contribution >= 4 is 0 Å². The highest BCUT2D eigenvalue weighted by Gasteiger charge is 2.47. The zero-order chi connectivity index (χ0) is 11.7. The van der Waals surface area contributed by atoms with Crippen molar-refractivity contribution in [1.29, 1.82) is 0 Å². The zero-order valence-corrected chi connectivity index (χ0v) is 9.18. The lowest BCUT2D eigenvalue weighted by Gasteiger charge is -2.13. The van der Waals surface area contributed by atoms with E-state index in [-0.39, 0.29) is 0 Å². The molecule has 4 nitrogen and oxygen atoms in total. The lowest BCUT2D eigenvalue weighted by atomic mass is 9.97. The molecule has 0 aromatic heterocycles. The molecule has 1 unspecified atom stereocenters. The fourth-order valence-corrected chi connectivity index (χ4v) is 1.96. The molecule has 86 valence electrons. The van der Waals surface area contributed by atoms with Crippen molar-refractivity contribution in [2.45, 2.75) is 5.85 Å². The molecule has 0 amide bonds. The van der Waals surface area contributed by atoms with E-state index in [4.69, 9.17) is 10.7 Å². The fraction of sp³-hybridized carbons (Fsp3) is 0.0769. The van der Waals surface area contributed by atoms with Crippen LogP contribution in [0.25, 0.3) is 11.1 Å². The quantitative estimate of drug-likeness (QED) is 0.421. The summed E-state index contributed by atoms with van der Waals surface area (Å²) in [5.41, 5.74) is 8.64. The minimum absolute atomic E-state index is 0.744.